The highest BCUT2D eigenvalue weighted by atomic mass is 16.5. The van der Waals surface area contributed by atoms with Crippen LogP contribution in [0.3, 0.4) is 0 Å². The summed E-state index contributed by atoms with van der Waals surface area (Å²) in [4.78, 5) is 24.1. The lowest BCUT2D eigenvalue weighted by molar-refractivity contribution is 0.155. The molecule has 2 fully saturated rings. The molecule has 162 valence electrons. The number of carbonyl (C=O) groups is 1. The predicted octanol–water partition coefficient (Wildman–Crippen LogP) is 3.11. The van der Waals surface area contributed by atoms with Gasteiger partial charge in [0.2, 0.25) is 5.89 Å². The molecule has 2 amide bonds. The average molecular weight is 413 g/mol. The van der Waals surface area contributed by atoms with E-state index in [2.05, 4.69) is 45.2 Å². The fourth-order valence-electron chi connectivity index (χ4n) is 4.31. The molecule has 0 bridgehead atoms. The van der Waals surface area contributed by atoms with E-state index < -0.39 is 0 Å². The van der Waals surface area contributed by atoms with Gasteiger partial charge in [-0.25, -0.2) is 4.79 Å². The Kier molecular flexibility index (Phi) is 5.94. The molecule has 0 saturated carbocycles. The van der Waals surface area contributed by atoms with E-state index in [1.165, 1.54) is 0 Å². The zero-order chi connectivity index (χ0) is 21.1. The lowest BCUT2D eigenvalue weighted by atomic mass is 9.80. The third kappa shape index (κ3) is 4.28. The second-order valence-corrected chi connectivity index (χ2v) is 8.56. The number of likely N-dealkylation sites (N-methyl/N-ethyl adjacent to an activating group) is 1. The minimum atomic E-state index is -0.172. The van der Waals surface area contributed by atoms with Gasteiger partial charge in [0.15, 0.2) is 5.82 Å². The molecule has 8 heteroatoms. The number of para-hydroxylation sites is 2. The number of urea groups is 1. The van der Waals surface area contributed by atoms with Crippen molar-refractivity contribution >= 4 is 17.4 Å². The summed E-state index contributed by atoms with van der Waals surface area (Å²) in [7, 11) is 0. The van der Waals surface area contributed by atoms with Crippen LogP contribution in [0.5, 0.6) is 0 Å². The van der Waals surface area contributed by atoms with Gasteiger partial charge in [-0.05, 0) is 38.4 Å². The first kappa shape index (κ1) is 20.7. The van der Waals surface area contributed by atoms with Crippen LogP contribution >= 0.6 is 0 Å². The molecule has 0 unspecified atom stereocenters. The van der Waals surface area contributed by atoms with Gasteiger partial charge in [-0.15, -0.1) is 0 Å². The number of aromatic nitrogens is 2. The summed E-state index contributed by atoms with van der Waals surface area (Å²) in [5, 5.41) is 7.08. The molecule has 0 atom stereocenters. The van der Waals surface area contributed by atoms with Crippen molar-refractivity contribution in [2.24, 2.45) is 0 Å². The van der Waals surface area contributed by atoms with Crippen molar-refractivity contribution in [3.63, 3.8) is 0 Å². The van der Waals surface area contributed by atoms with Crippen molar-refractivity contribution < 1.29 is 9.32 Å². The van der Waals surface area contributed by atoms with Crippen molar-refractivity contribution in [3.8, 4) is 0 Å². The molecule has 1 N–H and O–H groups in total. The number of rotatable bonds is 4. The first-order valence-electron chi connectivity index (χ1n) is 10.9. The number of aryl methyl sites for hydroxylation is 1. The van der Waals surface area contributed by atoms with Gasteiger partial charge >= 0.3 is 6.03 Å². The highest BCUT2D eigenvalue weighted by Gasteiger charge is 2.38. The first-order chi connectivity index (χ1) is 14.5. The van der Waals surface area contributed by atoms with Crippen LogP contribution in [0.15, 0.2) is 28.8 Å². The van der Waals surface area contributed by atoms with E-state index in [0.29, 0.717) is 24.8 Å². The Hall–Kier alpha value is -2.61. The van der Waals surface area contributed by atoms with Crippen LogP contribution in [-0.4, -0.2) is 71.8 Å². The molecule has 0 aliphatic carbocycles. The van der Waals surface area contributed by atoms with E-state index in [-0.39, 0.29) is 11.4 Å². The van der Waals surface area contributed by atoms with Gasteiger partial charge in [-0.1, -0.05) is 31.1 Å². The molecule has 0 radical (unpaired) electrons. The molecule has 30 heavy (non-hydrogen) atoms. The summed E-state index contributed by atoms with van der Waals surface area (Å²) < 4.78 is 5.41. The van der Waals surface area contributed by atoms with Gasteiger partial charge in [-0.2, -0.15) is 4.98 Å². The number of amides is 2. The number of carbonyl (C=O) groups excluding carboxylic acids is 1. The van der Waals surface area contributed by atoms with E-state index in [4.69, 9.17) is 4.52 Å². The lowest BCUT2D eigenvalue weighted by Crippen LogP contribution is -2.47. The van der Waals surface area contributed by atoms with Crippen molar-refractivity contribution in [2.45, 2.75) is 39.0 Å². The van der Waals surface area contributed by atoms with Crippen molar-refractivity contribution in [2.75, 3.05) is 56.0 Å². The van der Waals surface area contributed by atoms with Crippen LogP contribution in [0, 0.1) is 6.92 Å². The molecule has 1 aromatic heterocycles. The molecule has 3 heterocycles. The quantitative estimate of drug-likeness (QED) is 0.831. The normalized spacial score (nSPS) is 19.7. The molecule has 2 aliphatic rings. The van der Waals surface area contributed by atoms with Crippen LogP contribution in [0.1, 0.15) is 38.4 Å². The standard InChI is InChI=1S/C22H32N6O2/c1-4-26-13-15-27(16-14-26)19-8-6-5-7-18(19)24-21(29)28-11-9-22(3,10-12-28)20-23-17(2)25-30-20/h5-8H,4,9-16H2,1-3H3,(H,24,29). The zero-order valence-corrected chi connectivity index (χ0v) is 18.2. The number of piperidine rings is 1. The van der Waals surface area contributed by atoms with Crippen LogP contribution in [-0.2, 0) is 5.41 Å². The number of benzene rings is 1. The maximum atomic E-state index is 13.0. The van der Waals surface area contributed by atoms with E-state index in [1.807, 2.05) is 30.0 Å². The number of nitrogens with one attached hydrogen (secondary N) is 1. The number of anilines is 2. The summed E-state index contributed by atoms with van der Waals surface area (Å²) in [5.41, 5.74) is 1.81. The maximum absolute atomic E-state index is 13.0. The average Bonchev–Trinajstić information content (AvgIpc) is 3.22. The Bertz CT molecular complexity index is 866. The molecule has 2 aliphatic heterocycles. The van der Waals surface area contributed by atoms with Gasteiger partial charge in [0, 0.05) is 39.3 Å². The topological polar surface area (TPSA) is 77.7 Å². The van der Waals surface area contributed by atoms with E-state index in [0.717, 1.165) is 56.9 Å². The molecular weight excluding hydrogens is 380 g/mol. The Morgan fingerprint density at radius 3 is 2.47 bits per heavy atom. The van der Waals surface area contributed by atoms with Crippen LogP contribution in [0.25, 0.3) is 0 Å². The fourth-order valence-corrected chi connectivity index (χ4v) is 4.31. The number of piperazine rings is 1. The van der Waals surface area contributed by atoms with Crippen molar-refractivity contribution in [1.29, 1.82) is 0 Å². The molecule has 2 saturated heterocycles. The van der Waals surface area contributed by atoms with Gasteiger partial charge in [-0.3, -0.25) is 0 Å². The van der Waals surface area contributed by atoms with Gasteiger partial charge < -0.3 is 24.5 Å². The third-order valence-corrected chi connectivity index (χ3v) is 6.50. The van der Waals surface area contributed by atoms with Crippen LogP contribution in [0.2, 0.25) is 0 Å². The summed E-state index contributed by atoms with van der Waals surface area (Å²) in [5.74, 6) is 1.33. The highest BCUT2D eigenvalue weighted by molar-refractivity contribution is 5.93. The number of likely N-dealkylation sites (tertiary alicyclic amines) is 1. The molecule has 4 rings (SSSR count). The van der Waals surface area contributed by atoms with E-state index in [9.17, 15) is 4.79 Å². The molecule has 8 nitrogen and oxygen atoms in total. The molecule has 1 aromatic carbocycles. The minimum absolute atomic E-state index is 0.0431. The summed E-state index contributed by atoms with van der Waals surface area (Å²) in [6.45, 7) is 12.7. The number of hydrogen-bond acceptors (Lipinski definition) is 6. The van der Waals surface area contributed by atoms with Crippen LogP contribution in [0.4, 0.5) is 16.2 Å². The molecule has 2 aromatic rings. The Labute approximate surface area is 178 Å². The van der Waals surface area contributed by atoms with Gasteiger partial charge in [0.05, 0.1) is 16.8 Å². The van der Waals surface area contributed by atoms with E-state index in [1.54, 1.807) is 0 Å². The fraction of sp³-hybridized carbons (Fsp3) is 0.591. The molecule has 0 spiro atoms. The van der Waals surface area contributed by atoms with Gasteiger partial charge in [0.1, 0.15) is 0 Å². The minimum Gasteiger partial charge on any atom is -0.367 e. The van der Waals surface area contributed by atoms with Gasteiger partial charge in [0.25, 0.3) is 0 Å². The van der Waals surface area contributed by atoms with E-state index >= 15 is 0 Å². The Balaban J connectivity index is 1.38. The summed E-state index contributed by atoms with van der Waals surface area (Å²) >= 11 is 0. The Morgan fingerprint density at radius 1 is 1.13 bits per heavy atom. The monoisotopic (exact) mass is 412 g/mol. The largest absolute Gasteiger partial charge is 0.367 e. The number of nitrogens with zero attached hydrogens (tertiary/aromatic N) is 5. The third-order valence-electron chi connectivity index (χ3n) is 6.50. The zero-order valence-electron chi connectivity index (χ0n) is 18.2. The second-order valence-electron chi connectivity index (χ2n) is 8.56. The smallest absolute Gasteiger partial charge is 0.321 e. The SMILES string of the molecule is CCN1CCN(c2ccccc2NC(=O)N2CCC(C)(c3nc(C)no3)CC2)CC1. The maximum Gasteiger partial charge on any atom is 0.321 e. The summed E-state index contributed by atoms with van der Waals surface area (Å²) in [6.07, 6.45) is 1.62. The molecular formula is C22H32N6O2. The Morgan fingerprint density at radius 2 is 1.83 bits per heavy atom. The highest BCUT2D eigenvalue weighted by Crippen LogP contribution is 2.34. The predicted molar refractivity (Wildman–Crippen MR) is 117 cm³/mol. The second kappa shape index (κ2) is 8.63. The van der Waals surface area contributed by atoms with Crippen LogP contribution < -0.4 is 10.2 Å². The van der Waals surface area contributed by atoms with Crippen molar-refractivity contribution in [1.82, 2.24) is 19.9 Å². The lowest BCUT2D eigenvalue weighted by Gasteiger charge is -2.38. The first-order valence-corrected chi connectivity index (χ1v) is 10.9. The number of hydrogen-bond donors (Lipinski definition) is 1. The summed E-state index contributed by atoms with van der Waals surface area (Å²) in [6, 6.07) is 8.07. The van der Waals surface area contributed by atoms with Crippen molar-refractivity contribution in [3.05, 3.63) is 36.0 Å².